The van der Waals surface area contributed by atoms with Gasteiger partial charge in [0.25, 0.3) is 5.91 Å². The highest BCUT2D eigenvalue weighted by Crippen LogP contribution is 2.40. The van der Waals surface area contributed by atoms with E-state index in [0.29, 0.717) is 24.5 Å². The van der Waals surface area contributed by atoms with Crippen molar-refractivity contribution in [1.82, 2.24) is 20.1 Å². The highest BCUT2D eigenvalue weighted by atomic mass is 19.4. The smallest absolute Gasteiger partial charge is 0.343 e. The first-order chi connectivity index (χ1) is 19.3. The maximum Gasteiger partial charge on any atom is 0.416 e. The zero-order valence-electron chi connectivity index (χ0n) is 22.2. The molecule has 1 aromatic heterocycles. The summed E-state index contributed by atoms with van der Waals surface area (Å²) in [4.78, 5) is 34.9. The molecular formula is C31H33F3N4O2. The van der Waals surface area contributed by atoms with Gasteiger partial charge in [-0.25, -0.2) is 0 Å². The van der Waals surface area contributed by atoms with Crippen LogP contribution in [0, 0.1) is 0 Å². The van der Waals surface area contributed by atoms with Crippen LogP contribution in [0.3, 0.4) is 0 Å². The summed E-state index contributed by atoms with van der Waals surface area (Å²) < 4.78 is 39.0. The number of likely N-dealkylation sites (tertiary alicyclic amines) is 2. The number of aromatic nitrogens is 1. The molecule has 2 aliphatic heterocycles. The second-order valence-electron chi connectivity index (χ2n) is 11.2. The van der Waals surface area contributed by atoms with Gasteiger partial charge in [0.15, 0.2) is 0 Å². The molecule has 40 heavy (non-hydrogen) atoms. The lowest BCUT2D eigenvalue weighted by atomic mass is 9.83. The van der Waals surface area contributed by atoms with Gasteiger partial charge in [-0.3, -0.25) is 19.5 Å². The monoisotopic (exact) mass is 550 g/mol. The Balaban J connectivity index is 1.01. The number of para-hydroxylation sites is 1. The first kappa shape index (κ1) is 26.7. The summed E-state index contributed by atoms with van der Waals surface area (Å²) in [5.41, 5.74) is 1.23. The Kier molecular flexibility index (Phi) is 7.25. The van der Waals surface area contributed by atoms with Crippen molar-refractivity contribution in [3.05, 3.63) is 77.5 Å². The minimum atomic E-state index is -4.53. The highest BCUT2D eigenvalue weighted by Gasteiger charge is 2.46. The summed E-state index contributed by atoms with van der Waals surface area (Å²) >= 11 is 0. The van der Waals surface area contributed by atoms with Gasteiger partial charge in [-0.05, 0) is 68.9 Å². The third-order valence-corrected chi connectivity index (χ3v) is 9.00. The van der Waals surface area contributed by atoms with Gasteiger partial charge in [-0.2, -0.15) is 13.2 Å². The van der Waals surface area contributed by atoms with E-state index < -0.39 is 17.6 Å². The van der Waals surface area contributed by atoms with Crippen LogP contribution in [-0.4, -0.2) is 64.4 Å². The van der Waals surface area contributed by atoms with Crippen molar-refractivity contribution >= 4 is 22.7 Å². The Bertz CT molecular complexity index is 1400. The van der Waals surface area contributed by atoms with Crippen LogP contribution < -0.4 is 5.32 Å². The average Bonchev–Trinajstić information content (AvgIpc) is 3.58. The molecule has 3 aliphatic rings. The molecule has 6 nitrogen and oxygen atoms in total. The van der Waals surface area contributed by atoms with Gasteiger partial charge in [-0.1, -0.05) is 30.3 Å². The molecule has 0 radical (unpaired) electrons. The number of fused-ring (bicyclic) bond motifs is 2. The number of carbonyl (C=O) groups excluding carboxylic acids is 2. The number of alkyl halides is 3. The number of amides is 2. The Morgan fingerprint density at radius 2 is 1.65 bits per heavy atom. The molecule has 1 saturated carbocycles. The van der Waals surface area contributed by atoms with Gasteiger partial charge < -0.3 is 10.2 Å². The fourth-order valence-electron chi connectivity index (χ4n) is 6.99. The summed E-state index contributed by atoms with van der Waals surface area (Å²) in [7, 11) is 0. The molecule has 2 aromatic carbocycles. The quantitative estimate of drug-likeness (QED) is 0.463. The fourth-order valence-corrected chi connectivity index (χ4v) is 6.99. The van der Waals surface area contributed by atoms with Crippen molar-refractivity contribution in [3.63, 3.8) is 0 Å². The fraction of sp³-hybridized carbons (Fsp3) is 0.452. The van der Waals surface area contributed by atoms with Gasteiger partial charge in [0.2, 0.25) is 5.91 Å². The zero-order valence-corrected chi connectivity index (χ0v) is 22.2. The Hall–Kier alpha value is -3.46. The molecule has 3 heterocycles. The largest absolute Gasteiger partial charge is 0.416 e. The number of pyridine rings is 1. The van der Waals surface area contributed by atoms with E-state index in [1.165, 1.54) is 23.2 Å². The number of hydrogen-bond donors (Lipinski definition) is 1. The summed E-state index contributed by atoms with van der Waals surface area (Å²) in [6, 6.07) is 17.8. The Morgan fingerprint density at radius 1 is 0.875 bits per heavy atom. The van der Waals surface area contributed by atoms with Crippen LogP contribution in [0.5, 0.6) is 0 Å². The summed E-state index contributed by atoms with van der Waals surface area (Å²) in [6.45, 7) is 1.38. The van der Waals surface area contributed by atoms with Gasteiger partial charge in [-0.15, -0.1) is 0 Å². The molecule has 3 fully saturated rings. The Morgan fingerprint density at radius 3 is 2.45 bits per heavy atom. The molecule has 2 amide bonds. The van der Waals surface area contributed by atoms with E-state index in [1.54, 1.807) is 0 Å². The van der Waals surface area contributed by atoms with E-state index in [9.17, 15) is 22.8 Å². The maximum atomic E-state index is 13.0. The summed E-state index contributed by atoms with van der Waals surface area (Å²) in [5, 5.41) is 3.69. The molecule has 210 valence electrons. The van der Waals surface area contributed by atoms with E-state index >= 15 is 0 Å². The number of nitrogens with zero attached hydrogens (tertiary/aromatic N) is 3. The van der Waals surface area contributed by atoms with Gasteiger partial charge in [0.05, 0.1) is 17.6 Å². The molecule has 3 aromatic rings. The van der Waals surface area contributed by atoms with E-state index in [2.05, 4.69) is 34.5 Å². The molecule has 0 spiro atoms. The van der Waals surface area contributed by atoms with Crippen molar-refractivity contribution in [3.8, 4) is 0 Å². The molecule has 1 N–H and O–H groups in total. The minimum absolute atomic E-state index is 0.108. The molecule has 2 unspecified atom stereocenters. The van der Waals surface area contributed by atoms with Crippen LogP contribution in [0.1, 0.15) is 66.1 Å². The third kappa shape index (κ3) is 5.31. The van der Waals surface area contributed by atoms with E-state index in [4.69, 9.17) is 4.98 Å². The lowest BCUT2D eigenvalue weighted by molar-refractivity contribution is -0.137. The third-order valence-electron chi connectivity index (χ3n) is 9.00. The SMILES string of the molecule is O=C(NCC(=O)N1CCC2C1CCN2C1CCC(c2ccc3ccccc3n2)CC1)c1cccc(C(F)(F)F)c1. The maximum absolute atomic E-state index is 13.0. The predicted molar refractivity (Wildman–Crippen MR) is 146 cm³/mol. The second-order valence-corrected chi connectivity index (χ2v) is 11.2. The second kappa shape index (κ2) is 10.8. The summed E-state index contributed by atoms with van der Waals surface area (Å²) in [6.07, 6.45) is 1.72. The number of carbonyl (C=O) groups is 2. The first-order valence-corrected chi connectivity index (χ1v) is 14.1. The normalized spacial score (nSPS) is 25.2. The first-order valence-electron chi connectivity index (χ1n) is 14.1. The molecule has 2 saturated heterocycles. The van der Waals surface area contributed by atoms with Gasteiger partial charge >= 0.3 is 6.18 Å². The van der Waals surface area contributed by atoms with Crippen LogP contribution in [0.15, 0.2) is 60.7 Å². The topological polar surface area (TPSA) is 65.5 Å². The summed E-state index contributed by atoms with van der Waals surface area (Å²) in [5.74, 6) is -0.386. The zero-order chi connectivity index (χ0) is 27.9. The van der Waals surface area contributed by atoms with Crippen molar-refractivity contribution in [2.45, 2.75) is 68.7 Å². The lowest BCUT2D eigenvalue weighted by Crippen LogP contribution is -2.46. The average molecular weight is 551 g/mol. The van der Waals surface area contributed by atoms with E-state index in [0.717, 1.165) is 62.7 Å². The number of halogens is 3. The number of hydrogen-bond acceptors (Lipinski definition) is 4. The van der Waals surface area contributed by atoms with Crippen molar-refractivity contribution in [2.75, 3.05) is 19.6 Å². The lowest BCUT2D eigenvalue weighted by Gasteiger charge is -2.37. The van der Waals surface area contributed by atoms with Gasteiger partial charge in [0.1, 0.15) is 0 Å². The molecule has 6 rings (SSSR count). The van der Waals surface area contributed by atoms with Crippen LogP contribution in [0.25, 0.3) is 10.9 Å². The standard InChI is InChI=1S/C31H33F3N4O2/c32-31(33,34)23-6-3-5-22(18-23)30(40)35-19-29(39)38-17-15-27-28(38)14-16-37(27)24-11-8-21(9-12-24)26-13-10-20-4-1-2-7-25(20)36-26/h1-7,10,13,18,21,24,27-28H,8-9,11-12,14-17,19H2,(H,35,40). The number of rotatable bonds is 5. The molecule has 1 aliphatic carbocycles. The number of benzene rings is 2. The van der Waals surface area contributed by atoms with Crippen LogP contribution in [-0.2, 0) is 11.0 Å². The van der Waals surface area contributed by atoms with E-state index in [-0.39, 0.29) is 24.1 Å². The number of nitrogens with one attached hydrogen (secondary N) is 1. The minimum Gasteiger partial charge on any atom is -0.343 e. The molecule has 0 bridgehead atoms. The van der Waals surface area contributed by atoms with Crippen molar-refractivity contribution in [2.24, 2.45) is 0 Å². The highest BCUT2D eigenvalue weighted by molar-refractivity contribution is 5.96. The van der Waals surface area contributed by atoms with Crippen molar-refractivity contribution in [1.29, 1.82) is 0 Å². The predicted octanol–water partition coefficient (Wildman–Crippen LogP) is 5.39. The molecule has 2 atom stereocenters. The van der Waals surface area contributed by atoms with Gasteiger partial charge in [0, 0.05) is 53.8 Å². The Labute approximate surface area is 231 Å². The van der Waals surface area contributed by atoms with Crippen molar-refractivity contribution < 1.29 is 22.8 Å². The van der Waals surface area contributed by atoms with Crippen LogP contribution in [0.2, 0.25) is 0 Å². The van der Waals surface area contributed by atoms with Crippen LogP contribution in [0.4, 0.5) is 13.2 Å². The molecule has 9 heteroatoms. The van der Waals surface area contributed by atoms with Crippen LogP contribution >= 0.6 is 0 Å². The molecular weight excluding hydrogens is 517 g/mol. The van der Waals surface area contributed by atoms with E-state index in [1.807, 2.05) is 17.0 Å².